The fourth-order valence-electron chi connectivity index (χ4n) is 5.64. The molecular formula is C25H30F3N5O2. The van der Waals surface area contributed by atoms with Gasteiger partial charge in [-0.05, 0) is 32.3 Å². The second-order valence-electron chi connectivity index (χ2n) is 10.3. The van der Waals surface area contributed by atoms with E-state index in [0.29, 0.717) is 13.1 Å². The molecule has 2 aromatic rings. The number of hydrogen-bond donors (Lipinski definition) is 0. The molecule has 1 aromatic heterocycles. The largest absolute Gasteiger partial charge is 0.446 e. The lowest BCUT2D eigenvalue weighted by atomic mass is 9.61. The van der Waals surface area contributed by atoms with Gasteiger partial charge in [-0.15, -0.1) is 0 Å². The van der Waals surface area contributed by atoms with E-state index in [1.807, 2.05) is 19.9 Å². The van der Waals surface area contributed by atoms with Crippen molar-refractivity contribution in [1.82, 2.24) is 19.8 Å². The average molecular weight is 490 g/mol. The second-order valence-corrected chi connectivity index (χ2v) is 10.3. The zero-order valence-corrected chi connectivity index (χ0v) is 19.9. The molecule has 1 amide bonds. The van der Waals surface area contributed by atoms with Crippen LogP contribution in [-0.4, -0.2) is 70.2 Å². The van der Waals surface area contributed by atoms with Crippen molar-refractivity contribution in [2.45, 2.75) is 57.6 Å². The number of piperazine rings is 1. The highest BCUT2D eigenvalue weighted by atomic mass is 19.4. The van der Waals surface area contributed by atoms with Crippen molar-refractivity contribution in [2.24, 2.45) is 5.41 Å². The Bertz CT molecular complexity index is 1050. The highest BCUT2D eigenvalue weighted by Gasteiger charge is 2.54. The first-order valence-corrected chi connectivity index (χ1v) is 12.0. The number of nitrogens with zero attached hydrogens (tertiary/aromatic N) is 5. The van der Waals surface area contributed by atoms with Gasteiger partial charge >= 0.3 is 12.3 Å². The van der Waals surface area contributed by atoms with Crippen LogP contribution in [0.5, 0.6) is 0 Å². The first kappa shape index (κ1) is 23.8. The van der Waals surface area contributed by atoms with Crippen molar-refractivity contribution >= 4 is 11.9 Å². The number of rotatable bonds is 4. The Morgan fingerprint density at radius 1 is 1.09 bits per heavy atom. The lowest BCUT2D eigenvalue weighted by Crippen LogP contribution is -2.64. The number of carbonyl (C=O) groups excluding carboxylic acids is 1. The fourth-order valence-corrected chi connectivity index (χ4v) is 5.64. The molecule has 0 bridgehead atoms. The number of benzene rings is 1. The standard InChI is InChI=1S/C25H30F3N5O2/c1-17-13-33(18(2)12-32(17)22-11-29-10-21(30-22)25(26,27)28)23(34)35-20-8-24(9-20)15-31(16-24)14-19-6-4-3-5-7-19/h3-7,10-11,17-18,20H,8-9,12-16H2,1-2H3/t17-,18+/m0/s1. The maximum absolute atomic E-state index is 13.0. The summed E-state index contributed by atoms with van der Waals surface area (Å²) in [6, 6.07) is 9.95. The van der Waals surface area contributed by atoms with Gasteiger partial charge in [-0.25, -0.2) is 9.78 Å². The van der Waals surface area contributed by atoms with Gasteiger partial charge < -0.3 is 14.5 Å². The van der Waals surface area contributed by atoms with E-state index in [9.17, 15) is 18.0 Å². The van der Waals surface area contributed by atoms with Gasteiger partial charge in [0.1, 0.15) is 11.9 Å². The van der Waals surface area contributed by atoms with E-state index in [2.05, 4.69) is 39.1 Å². The molecule has 3 aliphatic rings. The van der Waals surface area contributed by atoms with Crippen LogP contribution in [0, 0.1) is 5.41 Å². The summed E-state index contributed by atoms with van der Waals surface area (Å²) >= 11 is 0. The molecule has 1 saturated carbocycles. The summed E-state index contributed by atoms with van der Waals surface area (Å²) in [5.41, 5.74) is 0.552. The Balaban J connectivity index is 1.11. The Hall–Kier alpha value is -2.88. The number of likely N-dealkylation sites (tertiary alicyclic amines) is 1. The van der Waals surface area contributed by atoms with Gasteiger partial charge in [0.15, 0.2) is 5.69 Å². The van der Waals surface area contributed by atoms with E-state index >= 15 is 0 Å². The summed E-state index contributed by atoms with van der Waals surface area (Å²) in [7, 11) is 0. The average Bonchev–Trinajstić information content (AvgIpc) is 2.77. The highest BCUT2D eigenvalue weighted by molar-refractivity contribution is 5.69. The van der Waals surface area contributed by atoms with Gasteiger partial charge in [0, 0.05) is 50.2 Å². The monoisotopic (exact) mass is 489 g/mol. The molecule has 2 atom stereocenters. The van der Waals surface area contributed by atoms with Gasteiger partial charge in [-0.1, -0.05) is 30.3 Å². The molecule has 3 fully saturated rings. The van der Waals surface area contributed by atoms with E-state index in [1.54, 1.807) is 9.80 Å². The van der Waals surface area contributed by atoms with Crippen LogP contribution in [0.1, 0.15) is 37.9 Å². The molecule has 35 heavy (non-hydrogen) atoms. The van der Waals surface area contributed by atoms with Gasteiger partial charge in [0.05, 0.1) is 12.4 Å². The number of ether oxygens (including phenoxy) is 1. The van der Waals surface area contributed by atoms with E-state index in [-0.39, 0.29) is 35.5 Å². The Morgan fingerprint density at radius 3 is 2.49 bits per heavy atom. The van der Waals surface area contributed by atoms with E-state index < -0.39 is 11.9 Å². The molecule has 0 unspecified atom stereocenters. The summed E-state index contributed by atoms with van der Waals surface area (Å²) in [4.78, 5) is 26.3. The van der Waals surface area contributed by atoms with Crippen LogP contribution in [0.2, 0.25) is 0 Å². The molecule has 1 aromatic carbocycles. The van der Waals surface area contributed by atoms with Crippen molar-refractivity contribution in [3.63, 3.8) is 0 Å². The number of halogens is 3. The number of alkyl halides is 3. The van der Waals surface area contributed by atoms with Crippen molar-refractivity contribution in [3.05, 3.63) is 54.0 Å². The summed E-state index contributed by atoms with van der Waals surface area (Å²) < 4.78 is 45.0. The summed E-state index contributed by atoms with van der Waals surface area (Å²) in [5, 5.41) is 0. The molecule has 0 N–H and O–H groups in total. The normalized spacial score (nSPS) is 24.7. The number of aromatic nitrogens is 2. The second kappa shape index (κ2) is 8.96. The predicted molar refractivity (Wildman–Crippen MR) is 124 cm³/mol. The zero-order valence-electron chi connectivity index (χ0n) is 19.9. The van der Waals surface area contributed by atoms with Crippen molar-refractivity contribution < 1.29 is 22.7 Å². The quantitative estimate of drug-likeness (QED) is 0.642. The first-order chi connectivity index (χ1) is 16.6. The molecule has 7 nitrogen and oxygen atoms in total. The molecule has 2 saturated heterocycles. The van der Waals surface area contributed by atoms with Crippen LogP contribution in [0.25, 0.3) is 0 Å². The SMILES string of the molecule is C[C@@H]1CN(c2cncc(C(F)(F)F)n2)[C@@H](C)CN1C(=O)OC1CC2(C1)CN(Cc1ccccc1)C2. The van der Waals surface area contributed by atoms with Gasteiger partial charge in [0.25, 0.3) is 0 Å². The minimum Gasteiger partial charge on any atom is -0.446 e. The number of amides is 1. The molecule has 10 heteroatoms. The molecular weight excluding hydrogens is 459 g/mol. The third kappa shape index (κ3) is 4.94. The summed E-state index contributed by atoms with van der Waals surface area (Å²) in [6.07, 6.45) is -1.15. The molecule has 5 rings (SSSR count). The van der Waals surface area contributed by atoms with Gasteiger partial charge in [-0.2, -0.15) is 13.2 Å². The van der Waals surface area contributed by atoms with Gasteiger partial charge in [0.2, 0.25) is 0 Å². The van der Waals surface area contributed by atoms with Crippen LogP contribution < -0.4 is 4.90 Å². The number of anilines is 1. The number of hydrogen-bond acceptors (Lipinski definition) is 6. The van der Waals surface area contributed by atoms with E-state index in [4.69, 9.17) is 4.74 Å². The Labute approximate surface area is 202 Å². The molecule has 0 radical (unpaired) electrons. The fraction of sp³-hybridized carbons (Fsp3) is 0.560. The topological polar surface area (TPSA) is 61.8 Å². The van der Waals surface area contributed by atoms with Crippen LogP contribution in [-0.2, 0) is 17.5 Å². The third-order valence-electron chi connectivity index (χ3n) is 7.38. The Morgan fingerprint density at radius 2 is 1.80 bits per heavy atom. The van der Waals surface area contributed by atoms with Crippen molar-refractivity contribution in [2.75, 3.05) is 31.1 Å². The maximum Gasteiger partial charge on any atom is 0.434 e. The summed E-state index contributed by atoms with van der Waals surface area (Å²) in [5.74, 6) is 0.165. The lowest BCUT2D eigenvalue weighted by molar-refractivity contribution is -0.141. The molecule has 3 heterocycles. The van der Waals surface area contributed by atoms with Crippen LogP contribution in [0.4, 0.5) is 23.8 Å². The number of carbonyl (C=O) groups is 1. The zero-order chi connectivity index (χ0) is 24.8. The minimum atomic E-state index is -4.55. The van der Waals surface area contributed by atoms with E-state index in [0.717, 1.165) is 38.7 Å². The van der Waals surface area contributed by atoms with Gasteiger partial charge in [-0.3, -0.25) is 9.88 Å². The molecule has 1 aliphatic carbocycles. The highest BCUT2D eigenvalue weighted by Crippen LogP contribution is 2.50. The van der Waals surface area contributed by atoms with E-state index in [1.165, 1.54) is 11.8 Å². The molecule has 188 valence electrons. The summed E-state index contributed by atoms with van der Waals surface area (Å²) in [6.45, 7) is 7.44. The van der Waals surface area contributed by atoms with Crippen LogP contribution >= 0.6 is 0 Å². The predicted octanol–water partition coefficient (Wildman–Crippen LogP) is 4.20. The van der Waals surface area contributed by atoms with Crippen LogP contribution in [0.15, 0.2) is 42.7 Å². The van der Waals surface area contributed by atoms with Crippen LogP contribution in [0.3, 0.4) is 0 Å². The molecule has 2 aliphatic heterocycles. The Kier molecular flexibility index (Phi) is 6.11. The van der Waals surface area contributed by atoms with Crippen molar-refractivity contribution in [1.29, 1.82) is 0 Å². The first-order valence-electron chi connectivity index (χ1n) is 12.0. The molecule has 1 spiro atoms. The maximum atomic E-state index is 13.0. The minimum absolute atomic E-state index is 0.0729. The third-order valence-corrected chi connectivity index (χ3v) is 7.38. The van der Waals surface area contributed by atoms with Crippen molar-refractivity contribution in [3.8, 4) is 0 Å². The lowest BCUT2D eigenvalue weighted by Gasteiger charge is -2.58. The smallest absolute Gasteiger partial charge is 0.434 e.